The summed E-state index contributed by atoms with van der Waals surface area (Å²) in [6, 6.07) is 2.36. The van der Waals surface area contributed by atoms with Crippen molar-refractivity contribution in [3.8, 4) is 5.75 Å². The van der Waals surface area contributed by atoms with Gasteiger partial charge in [0.05, 0.1) is 36.5 Å². The van der Waals surface area contributed by atoms with E-state index in [-0.39, 0.29) is 67.2 Å². The Balaban J connectivity index is 0.986. The lowest BCUT2D eigenvalue weighted by Crippen LogP contribution is -2.63. The second-order valence-corrected chi connectivity index (χ2v) is 22.0. The summed E-state index contributed by atoms with van der Waals surface area (Å²) in [5.74, 6) is -4.93. The molecule has 6 aliphatic rings. The second kappa shape index (κ2) is 23.1. The summed E-state index contributed by atoms with van der Waals surface area (Å²) in [5.41, 5.74) is -1.23. The third-order valence-corrected chi connectivity index (χ3v) is 16.8. The highest BCUT2D eigenvalue weighted by Gasteiger charge is 2.64. The number of benzene rings is 1. The minimum Gasteiger partial charge on any atom is -0.495 e. The molecule has 7 amide bonds. The Labute approximate surface area is 438 Å². The fourth-order valence-corrected chi connectivity index (χ4v) is 11.7. The SMILES string of the molecule is COc1cc2cc(c1Cl)N(C)C(=O)CC(OC(=O)[C@H](C)N(C)C(=O)CCSC1CC(=O)N(CC3CCC(C(=O)ON4C(=O)CCC4=O)CC3)C1=O)[C@]1(C)OC1[C@H](C)[C@@H]1C[C@@](O)(NC(=O)O1)C(OC)/C=C\C=C(C)C2. The van der Waals surface area contributed by atoms with Crippen molar-refractivity contribution in [2.45, 2.75) is 145 Å². The van der Waals surface area contributed by atoms with Crippen molar-refractivity contribution in [1.29, 1.82) is 0 Å². The lowest BCUT2D eigenvalue weighted by Gasteiger charge is -2.42. The number of anilines is 1. The number of carbonyl (C=O) groups excluding carboxylic acids is 9. The van der Waals surface area contributed by atoms with Gasteiger partial charge < -0.3 is 43.4 Å². The Morgan fingerprint density at radius 1 is 1.01 bits per heavy atom. The summed E-state index contributed by atoms with van der Waals surface area (Å²) in [6.45, 7) is 6.99. The number of imide groups is 2. The van der Waals surface area contributed by atoms with Crippen LogP contribution in [0.2, 0.25) is 5.02 Å². The number of allylic oxidation sites excluding steroid dienone is 3. The molecule has 0 aromatic heterocycles. The Kier molecular flexibility index (Phi) is 17.6. The highest BCUT2D eigenvalue weighted by molar-refractivity contribution is 8.00. The van der Waals surface area contributed by atoms with Gasteiger partial charge in [0.25, 0.3) is 11.8 Å². The highest BCUT2D eigenvalue weighted by atomic mass is 35.5. The van der Waals surface area contributed by atoms with E-state index < -0.39 is 107 Å². The first kappa shape index (κ1) is 56.2. The summed E-state index contributed by atoms with van der Waals surface area (Å²) in [5, 5.41) is 14.4. The van der Waals surface area contributed by atoms with E-state index in [1.807, 2.05) is 13.0 Å². The zero-order valence-electron chi connectivity index (χ0n) is 42.9. The molecule has 1 aromatic rings. The van der Waals surface area contributed by atoms with Crippen LogP contribution in [0.1, 0.15) is 97.5 Å². The second-order valence-electron chi connectivity index (χ2n) is 20.3. The number of hydroxylamine groups is 2. The molecule has 2 N–H and O–H groups in total. The number of epoxide rings is 1. The summed E-state index contributed by atoms with van der Waals surface area (Å²) in [7, 11) is 5.84. The van der Waals surface area contributed by atoms with Gasteiger partial charge in [0.2, 0.25) is 23.6 Å². The van der Waals surface area contributed by atoms with Gasteiger partial charge in [-0.3, -0.25) is 39.0 Å². The number of hydrogen-bond acceptors (Lipinski definition) is 17. The van der Waals surface area contributed by atoms with Gasteiger partial charge in [0.15, 0.2) is 5.72 Å². The number of nitrogens with zero attached hydrogens (tertiary/aromatic N) is 4. The molecule has 1 aromatic carbocycles. The molecule has 9 atom stereocenters. The molecule has 4 bridgehead atoms. The average molecular weight is 1070 g/mol. The maximum Gasteiger partial charge on any atom is 0.409 e. The number of amides is 7. The first-order chi connectivity index (χ1) is 35.0. The predicted molar refractivity (Wildman–Crippen MR) is 266 cm³/mol. The number of alkyl carbamates (subject to hydrolysis) is 1. The summed E-state index contributed by atoms with van der Waals surface area (Å²) < 4.78 is 29.4. The van der Waals surface area contributed by atoms with Crippen molar-refractivity contribution in [1.82, 2.24) is 20.2 Å². The Morgan fingerprint density at radius 3 is 2.36 bits per heavy atom. The van der Waals surface area contributed by atoms with Crippen LogP contribution in [0.25, 0.3) is 0 Å². The number of aliphatic hydroxyl groups is 1. The van der Waals surface area contributed by atoms with E-state index in [9.17, 15) is 48.3 Å². The first-order valence-corrected chi connectivity index (χ1v) is 26.3. The molecule has 4 saturated heterocycles. The van der Waals surface area contributed by atoms with Crippen LogP contribution in [0.3, 0.4) is 0 Å². The lowest BCUT2D eigenvalue weighted by molar-refractivity contribution is -0.201. The first-order valence-electron chi connectivity index (χ1n) is 24.9. The van der Waals surface area contributed by atoms with Crippen LogP contribution in [0, 0.1) is 17.8 Å². The van der Waals surface area contributed by atoms with E-state index >= 15 is 0 Å². The van der Waals surface area contributed by atoms with Crippen molar-refractivity contribution >= 4 is 82.5 Å². The van der Waals surface area contributed by atoms with E-state index in [2.05, 4.69) is 5.32 Å². The number of rotatable bonds is 13. The number of ether oxygens (including phenoxy) is 5. The van der Waals surface area contributed by atoms with Gasteiger partial charge in [-0.2, -0.15) is 0 Å². The third kappa shape index (κ3) is 12.2. The van der Waals surface area contributed by atoms with E-state index in [4.69, 9.17) is 40.1 Å². The molecule has 404 valence electrons. The van der Waals surface area contributed by atoms with Gasteiger partial charge in [0, 0.05) is 71.5 Å². The van der Waals surface area contributed by atoms with Crippen LogP contribution < -0.4 is 15.0 Å². The van der Waals surface area contributed by atoms with Crippen LogP contribution in [0.15, 0.2) is 35.9 Å². The Bertz CT molecular complexity index is 2470. The van der Waals surface area contributed by atoms with Crippen LogP contribution >= 0.6 is 23.4 Å². The number of thioether (sulfide) groups is 1. The number of likely N-dealkylation sites (tertiary alicyclic amines) is 1. The molecule has 7 rings (SSSR count). The Morgan fingerprint density at radius 2 is 1.70 bits per heavy atom. The van der Waals surface area contributed by atoms with Gasteiger partial charge in [-0.05, 0) is 76.5 Å². The number of halogens is 1. The van der Waals surface area contributed by atoms with Crippen molar-refractivity contribution < 1.29 is 76.8 Å². The molecule has 0 radical (unpaired) electrons. The maximum absolute atomic E-state index is 14.4. The molecule has 0 spiro atoms. The van der Waals surface area contributed by atoms with Crippen molar-refractivity contribution in [3.05, 3.63) is 46.5 Å². The average Bonchev–Trinajstić information content (AvgIpc) is 3.87. The lowest BCUT2D eigenvalue weighted by atomic mass is 9.82. The fourth-order valence-electron chi connectivity index (χ4n) is 10.3. The molecular formula is C51H66ClN5O16S. The maximum atomic E-state index is 14.4. The monoisotopic (exact) mass is 1070 g/mol. The molecule has 1 saturated carbocycles. The molecule has 4 unspecified atom stereocenters. The largest absolute Gasteiger partial charge is 0.495 e. The smallest absolute Gasteiger partial charge is 0.409 e. The van der Waals surface area contributed by atoms with Gasteiger partial charge >= 0.3 is 18.0 Å². The minimum atomic E-state index is -1.89. The van der Waals surface area contributed by atoms with Gasteiger partial charge in [-0.15, -0.1) is 16.8 Å². The van der Waals surface area contributed by atoms with Crippen LogP contribution in [0.5, 0.6) is 5.75 Å². The summed E-state index contributed by atoms with van der Waals surface area (Å²) >= 11 is 7.98. The van der Waals surface area contributed by atoms with Gasteiger partial charge in [0.1, 0.15) is 40.7 Å². The van der Waals surface area contributed by atoms with Crippen molar-refractivity contribution in [2.75, 3.05) is 45.5 Å². The topological polar surface area (TPSA) is 258 Å². The molecule has 1 aliphatic carbocycles. The number of carbonyl (C=O) groups is 9. The molecule has 21 nitrogen and oxygen atoms in total. The van der Waals surface area contributed by atoms with E-state index in [0.717, 1.165) is 11.1 Å². The number of hydrogen-bond donors (Lipinski definition) is 2. The van der Waals surface area contributed by atoms with E-state index in [0.29, 0.717) is 48.6 Å². The summed E-state index contributed by atoms with van der Waals surface area (Å²) in [6.07, 6.45) is 2.04. The zero-order chi connectivity index (χ0) is 54.0. The quantitative estimate of drug-likeness (QED) is 0.160. The standard InChI is InChI=1S/C51H66ClN5O16S/c1-27-10-9-11-37(69-8)51(67)25-35(70-49(66)53-51)28(2)45-50(4,72-45)38(24-42(61)55(6)33-21-31(20-27)22-34(68-7)44(33)52)71-47(64)29(3)54(5)39(58)18-19-74-36-23-43(62)56(46(36)63)26-30-12-14-32(15-13-30)48(65)73-57-40(59)16-17-41(57)60/h9-11,21-22,28-30,32,35-38,45,67H,12-20,23-26H2,1-8H3,(H,53,66)/b11-9-,27-10?/t28-,29+,30?,32?,35+,36?,37?,38?,45?,50+,51+/m1/s1. The van der Waals surface area contributed by atoms with Crippen LogP contribution in [0.4, 0.5) is 10.5 Å². The number of esters is 1. The van der Waals surface area contributed by atoms with Crippen LogP contribution in [-0.4, -0.2) is 161 Å². The van der Waals surface area contributed by atoms with E-state index in [1.165, 1.54) is 61.7 Å². The zero-order valence-corrected chi connectivity index (χ0v) is 44.5. The van der Waals surface area contributed by atoms with Crippen molar-refractivity contribution in [3.63, 3.8) is 0 Å². The highest BCUT2D eigenvalue weighted by Crippen LogP contribution is 2.49. The molecule has 5 heterocycles. The van der Waals surface area contributed by atoms with E-state index in [1.54, 1.807) is 38.1 Å². The molecule has 5 aliphatic heterocycles. The molecule has 23 heteroatoms. The number of fused-ring (bicyclic) bond motifs is 5. The fraction of sp³-hybridized carbons (Fsp3) is 0.627. The predicted octanol–water partition coefficient (Wildman–Crippen LogP) is 4.18. The number of nitrogens with one attached hydrogen (secondary N) is 1. The number of likely N-dealkylation sites (N-methyl/N-ethyl adjacent to an activating group) is 1. The summed E-state index contributed by atoms with van der Waals surface area (Å²) in [4.78, 5) is 127. The van der Waals surface area contributed by atoms with Crippen molar-refractivity contribution in [2.24, 2.45) is 17.8 Å². The third-order valence-electron chi connectivity index (χ3n) is 15.2. The molecule has 74 heavy (non-hydrogen) atoms. The van der Waals surface area contributed by atoms with Gasteiger partial charge in [-0.25, -0.2) is 14.4 Å². The normalized spacial score (nSPS) is 31.5. The van der Waals surface area contributed by atoms with Gasteiger partial charge in [-0.1, -0.05) is 42.3 Å². The minimum absolute atomic E-state index is 0.00240. The Hall–Kier alpha value is -5.55. The number of methoxy groups -OCH3 is 2. The van der Waals surface area contributed by atoms with Crippen LogP contribution in [-0.2, 0) is 68.6 Å². The molecule has 5 fully saturated rings. The molecular weight excluding hydrogens is 1010 g/mol.